The third-order valence-electron chi connectivity index (χ3n) is 4.56. The Kier molecular flexibility index (Phi) is 6.33. The van der Waals surface area contributed by atoms with Crippen LogP contribution in [0.5, 0.6) is 0 Å². The summed E-state index contributed by atoms with van der Waals surface area (Å²) in [5, 5.41) is 4.34. The molecule has 1 aromatic heterocycles. The van der Waals surface area contributed by atoms with E-state index in [9.17, 15) is 4.39 Å². The SMILES string of the molecule is Fc1cccc(Cl)c1C=NNc1nc(N2CCOCC2)nc(N2CCOCC2)n1. The summed E-state index contributed by atoms with van der Waals surface area (Å²) in [5.74, 6) is 0.909. The lowest BCUT2D eigenvalue weighted by molar-refractivity contribution is 0.121. The van der Waals surface area contributed by atoms with E-state index < -0.39 is 5.82 Å². The van der Waals surface area contributed by atoms with Gasteiger partial charge in [0.25, 0.3) is 0 Å². The summed E-state index contributed by atoms with van der Waals surface area (Å²) in [6.45, 7) is 5.24. The average Bonchev–Trinajstić information content (AvgIpc) is 2.77. The fourth-order valence-electron chi connectivity index (χ4n) is 3.00. The molecule has 9 nitrogen and oxygen atoms in total. The highest BCUT2D eigenvalue weighted by atomic mass is 35.5. The molecule has 2 aliphatic rings. The summed E-state index contributed by atoms with van der Waals surface area (Å²) >= 11 is 6.03. The van der Waals surface area contributed by atoms with Crippen LogP contribution in [0.1, 0.15) is 5.56 Å². The molecule has 0 radical (unpaired) electrons. The number of hydrogen-bond acceptors (Lipinski definition) is 9. The highest BCUT2D eigenvalue weighted by Crippen LogP contribution is 2.19. The van der Waals surface area contributed by atoms with Gasteiger partial charge in [0.2, 0.25) is 17.8 Å². The van der Waals surface area contributed by atoms with Gasteiger partial charge in [-0.05, 0) is 12.1 Å². The quantitative estimate of drug-likeness (QED) is 0.577. The fraction of sp³-hybridized carbons (Fsp3) is 0.444. The third kappa shape index (κ3) is 4.89. The van der Waals surface area contributed by atoms with Crippen molar-refractivity contribution in [1.82, 2.24) is 15.0 Å². The highest BCUT2D eigenvalue weighted by Gasteiger charge is 2.20. The molecule has 0 atom stereocenters. The standard InChI is InChI=1S/C18H21ClFN7O2/c19-14-2-1-3-15(20)13(14)12-21-25-16-22-17(26-4-8-28-9-5-26)24-18(23-16)27-6-10-29-11-7-27/h1-3,12H,4-11H2,(H,22,23,24,25). The summed E-state index contributed by atoms with van der Waals surface area (Å²) in [4.78, 5) is 17.6. The number of hydrazone groups is 1. The van der Waals surface area contributed by atoms with Crippen molar-refractivity contribution < 1.29 is 13.9 Å². The molecule has 0 amide bonds. The maximum atomic E-state index is 13.9. The zero-order valence-corrected chi connectivity index (χ0v) is 16.5. The summed E-state index contributed by atoms with van der Waals surface area (Å²) in [7, 11) is 0. The van der Waals surface area contributed by atoms with Crippen LogP contribution in [0.3, 0.4) is 0 Å². The second-order valence-electron chi connectivity index (χ2n) is 6.46. The zero-order chi connectivity index (χ0) is 20.1. The van der Waals surface area contributed by atoms with E-state index in [2.05, 4.69) is 25.5 Å². The topological polar surface area (TPSA) is 88.0 Å². The van der Waals surface area contributed by atoms with E-state index in [4.69, 9.17) is 21.1 Å². The normalized spacial score (nSPS) is 17.7. The van der Waals surface area contributed by atoms with Crippen LogP contribution in [0.15, 0.2) is 23.3 Å². The van der Waals surface area contributed by atoms with Crippen LogP contribution in [0.25, 0.3) is 0 Å². The predicted molar refractivity (Wildman–Crippen MR) is 109 cm³/mol. The Morgan fingerprint density at radius 3 is 2.10 bits per heavy atom. The first-order valence-corrected chi connectivity index (χ1v) is 9.73. The van der Waals surface area contributed by atoms with Gasteiger partial charge < -0.3 is 19.3 Å². The lowest BCUT2D eigenvalue weighted by Crippen LogP contribution is -2.40. The third-order valence-corrected chi connectivity index (χ3v) is 4.89. The van der Waals surface area contributed by atoms with E-state index in [1.165, 1.54) is 18.3 Å². The van der Waals surface area contributed by atoms with Crippen molar-refractivity contribution >= 4 is 35.7 Å². The monoisotopic (exact) mass is 421 g/mol. The van der Waals surface area contributed by atoms with Crippen molar-refractivity contribution in [3.8, 4) is 0 Å². The van der Waals surface area contributed by atoms with Crippen LogP contribution in [-0.4, -0.2) is 73.8 Å². The number of benzene rings is 1. The number of nitrogens with one attached hydrogen (secondary N) is 1. The van der Waals surface area contributed by atoms with E-state index in [0.717, 1.165) is 0 Å². The van der Waals surface area contributed by atoms with Gasteiger partial charge in [-0.1, -0.05) is 17.7 Å². The molecule has 3 heterocycles. The molecule has 0 bridgehead atoms. The molecule has 4 rings (SSSR count). The van der Waals surface area contributed by atoms with Gasteiger partial charge in [-0.15, -0.1) is 0 Å². The molecule has 154 valence electrons. The molecule has 2 fully saturated rings. The first-order chi connectivity index (χ1) is 14.2. The molecule has 1 aromatic carbocycles. The number of halogens is 2. The van der Waals surface area contributed by atoms with Crippen molar-refractivity contribution in [3.63, 3.8) is 0 Å². The smallest absolute Gasteiger partial charge is 0.250 e. The minimum Gasteiger partial charge on any atom is -0.378 e. The lowest BCUT2D eigenvalue weighted by atomic mass is 10.2. The van der Waals surface area contributed by atoms with Gasteiger partial charge in [0.15, 0.2) is 0 Å². The van der Waals surface area contributed by atoms with E-state index in [0.29, 0.717) is 64.5 Å². The highest BCUT2D eigenvalue weighted by molar-refractivity contribution is 6.33. The number of nitrogens with zero attached hydrogens (tertiary/aromatic N) is 6. The molecule has 0 aliphatic carbocycles. The van der Waals surface area contributed by atoms with Crippen molar-refractivity contribution in [2.75, 3.05) is 67.8 Å². The molecule has 0 unspecified atom stereocenters. The van der Waals surface area contributed by atoms with Crippen molar-refractivity contribution in [2.45, 2.75) is 0 Å². The average molecular weight is 422 g/mol. The lowest BCUT2D eigenvalue weighted by Gasteiger charge is -2.30. The Balaban J connectivity index is 1.58. The van der Waals surface area contributed by atoms with E-state index in [1.807, 2.05) is 9.80 Å². The van der Waals surface area contributed by atoms with E-state index in [-0.39, 0.29) is 16.5 Å². The number of hydrogen-bond donors (Lipinski definition) is 1. The summed E-state index contributed by atoms with van der Waals surface area (Å²) in [5.41, 5.74) is 2.96. The number of ether oxygens (including phenoxy) is 2. The molecule has 2 aromatic rings. The Morgan fingerprint density at radius 1 is 0.966 bits per heavy atom. The Morgan fingerprint density at radius 2 is 1.55 bits per heavy atom. The number of rotatable bonds is 5. The molecule has 29 heavy (non-hydrogen) atoms. The maximum absolute atomic E-state index is 13.9. The van der Waals surface area contributed by atoms with Crippen LogP contribution < -0.4 is 15.2 Å². The minimum absolute atomic E-state index is 0.192. The summed E-state index contributed by atoms with van der Waals surface area (Å²) in [6, 6.07) is 4.46. The first kappa shape index (κ1) is 19.7. The molecular formula is C18H21ClFN7O2. The van der Waals surface area contributed by atoms with Crippen LogP contribution in [0, 0.1) is 5.82 Å². The van der Waals surface area contributed by atoms with Gasteiger partial charge >= 0.3 is 0 Å². The summed E-state index contributed by atoms with van der Waals surface area (Å²) < 4.78 is 24.7. The molecule has 11 heteroatoms. The van der Waals surface area contributed by atoms with Gasteiger partial charge in [-0.25, -0.2) is 9.82 Å². The zero-order valence-electron chi connectivity index (χ0n) is 15.7. The maximum Gasteiger partial charge on any atom is 0.250 e. The summed E-state index contributed by atoms with van der Waals surface area (Å²) in [6.07, 6.45) is 1.31. The predicted octanol–water partition coefficient (Wildman–Crippen LogP) is 1.78. The molecular weight excluding hydrogens is 401 g/mol. The molecule has 2 aliphatic heterocycles. The molecule has 0 saturated carbocycles. The van der Waals surface area contributed by atoms with Crippen LogP contribution in [-0.2, 0) is 9.47 Å². The van der Waals surface area contributed by atoms with Gasteiger partial charge in [0.1, 0.15) is 5.82 Å². The number of anilines is 3. The van der Waals surface area contributed by atoms with Gasteiger partial charge in [-0.2, -0.15) is 20.1 Å². The molecule has 2 saturated heterocycles. The fourth-order valence-corrected chi connectivity index (χ4v) is 3.21. The van der Waals surface area contributed by atoms with Crippen molar-refractivity contribution in [3.05, 3.63) is 34.6 Å². The van der Waals surface area contributed by atoms with Crippen LogP contribution >= 0.6 is 11.6 Å². The van der Waals surface area contributed by atoms with Crippen LogP contribution in [0.4, 0.5) is 22.2 Å². The van der Waals surface area contributed by atoms with Crippen molar-refractivity contribution in [2.24, 2.45) is 5.10 Å². The van der Waals surface area contributed by atoms with E-state index in [1.54, 1.807) is 6.07 Å². The van der Waals surface area contributed by atoms with Crippen LogP contribution in [0.2, 0.25) is 5.02 Å². The molecule has 0 spiro atoms. The first-order valence-electron chi connectivity index (χ1n) is 9.35. The second kappa shape index (κ2) is 9.29. The van der Waals surface area contributed by atoms with Gasteiger partial charge in [0.05, 0.1) is 37.7 Å². The minimum atomic E-state index is -0.457. The number of aromatic nitrogens is 3. The van der Waals surface area contributed by atoms with Crippen molar-refractivity contribution in [1.29, 1.82) is 0 Å². The Hall–Kier alpha value is -2.56. The van der Waals surface area contributed by atoms with Gasteiger partial charge in [-0.3, -0.25) is 0 Å². The number of morpholine rings is 2. The molecule has 1 N–H and O–H groups in total. The van der Waals surface area contributed by atoms with Gasteiger partial charge in [0, 0.05) is 31.7 Å². The largest absolute Gasteiger partial charge is 0.378 e. The second-order valence-corrected chi connectivity index (χ2v) is 6.87. The van der Waals surface area contributed by atoms with E-state index >= 15 is 0 Å². The Bertz CT molecular complexity index is 817. The Labute approximate surface area is 172 Å².